The van der Waals surface area contributed by atoms with Gasteiger partial charge in [-0.25, -0.2) is 4.79 Å². The third-order valence-electron chi connectivity index (χ3n) is 3.98. The number of quaternary nitrogens is 2. The van der Waals surface area contributed by atoms with Crippen LogP contribution in [0.1, 0.15) is 22.8 Å². The number of piperazine rings is 1. The molecule has 0 aromatic heterocycles. The SMILES string of the molecule is Cc1ccc(C(=O)O[C@@H](C)C[NH+]2CC[NH+](C)CC2)cc1. The Morgan fingerprint density at radius 2 is 1.80 bits per heavy atom. The van der Waals surface area contributed by atoms with Gasteiger partial charge in [-0.3, -0.25) is 0 Å². The van der Waals surface area contributed by atoms with Gasteiger partial charge in [-0.1, -0.05) is 17.7 Å². The molecule has 0 amide bonds. The largest absolute Gasteiger partial charge is 0.453 e. The summed E-state index contributed by atoms with van der Waals surface area (Å²) in [5.74, 6) is -0.211. The van der Waals surface area contributed by atoms with Crippen LogP contribution in [0.25, 0.3) is 0 Å². The quantitative estimate of drug-likeness (QED) is 0.690. The van der Waals surface area contributed by atoms with E-state index in [-0.39, 0.29) is 12.1 Å². The highest BCUT2D eigenvalue weighted by Gasteiger charge is 2.23. The van der Waals surface area contributed by atoms with Crippen LogP contribution < -0.4 is 9.80 Å². The summed E-state index contributed by atoms with van der Waals surface area (Å²) in [6.45, 7) is 9.64. The van der Waals surface area contributed by atoms with E-state index in [1.807, 2.05) is 38.1 Å². The van der Waals surface area contributed by atoms with Gasteiger partial charge < -0.3 is 14.5 Å². The third kappa shape index (κ3) is 4.32. The number of hydrogen-bond donors (Lipinski definition) is 2. The molecule has 1 atom stereocenters. The molecule has 2 N–H and O–H groups in total. The van der Waals surface area contributed by atoms with Crippen LogP contribution in [-0.4, -0.2) is 51.8 Å². The van der Waals surface area contributed by atoms with Crippen molar-refractivity contribution >= 4 is 5.97 Å². The molecule has 0 saturated carbocycles. The van der Waals surface area contributed by atoms with Crippen molar-refractivity contribution in [3.63, 3.8) is 0 Å². The predicted molar refractivity (Wildman–Crippen MR) is 78.2 cm³/mol. The first-order valence-corrected chi connectivity index (χ1v) is 7.47. The summed E-state index contributed by atoms with van der Waals surface area (Å²) < 4.78 is 5.54. The van der Waals surface area contributed by atoms with E-state index in [0.717, 1.165) is 25.2 Å². The summed E-state index contributed by atoms with van der Waals surface area (Å²) >= 11 is 0. The van der Waals surface area contributed by atoms with Crippen molar-refractivity contribution < 1.29 is 19.3 Å². The van der Waals surface area contributed by atoms with Crippen molar-refractivity contribution in [1.82, 2.24) is 0 Å². The molecule has 20 heavy (non-hydrogen) atoms. The fourth-order valence-corrected chi connectivity index (χ4v) is 2.62. The highest BCUT2D eigenvalue weighted by atomic mass is 16.5. The molecule has 1 heterocycles. The standard InChI is InChI=1S/C16H24N2O2/c1-13-4-6-15(7-5-13)16(19)20-14(2)12-18-10-8-17(3)9-11-18/h4-7,14H,8-12H2,1-3H3/p+2/t14-/m0/s1. The first kappa shape index (κ1) is 15.0. The van der Waals surface area contributed by atoms with Crippen LogP contribution in [0.5, 0.6) is 0 Å². The molecular weight excluding hydrogens is 252 g/mol. The average molecular weight is 278 g/mol. The van der Waals surface area contributed by atoms with Crippen molar-refractivity contribution in [3.8, 4) is 0 Å². The van der Waals surface area contributed by atoms with Crippen LogP contribution in [0.4, 0.5) is 0 Å². The highest BCUT2D eigenvalue weighted by molar-refractivity contribution is 5.89. The van der Waals surface area contributed by atoms with Gasteiger partial charge in [0.25, 0.3) is 0 Å². The second kappa shape index (κ2) is 6.86. The van der Waals surface area contributed by atoms with Crippen LogP contribution in [0.3, 0.4) is 0 Å². The molecule has 110 valence electrons. The Balaban J connectivity index is 1.80. The number of esters is 1. The van der Waals surface area contributed by atoms with E-state index in [0.29, 0.717) is 5.56 Å². The second-order valence-corrected chi connectivity index (χ2v) is 5.99. The lowest BCUT2D eigenvalue weighted by Crippen LogP contribution is -3.27. The molecule has 0 unspecified atom stereocenters. The van der Waals surface area contributed by atoms with E-state index in [4.69, 9.17) is 4.74 Å². The minimum absolute atomic E-state index is 0.0304. The smallest absolute Gasteiger partial charge is 0.338 e. The minimum Gasteiger partial charge on any atom is -0.453 e. The van der Waals surface area contributed by atoms with Crippen molar-refractivity contribution in [3.05, 3.63) is 35.4 Å². The average Bonchev–Trinajstić information content (AvgIpc) is 2.42. The predicted octanol–water partition coefficient (Wildman–Crippen LogP) is -1.05. The van der Waals surface area contributed by atoms with E-state index in [1.54, 1.807) is 9.80 Å². The van der Waals surface area contributed by atoms with Crippen molar-refractivity contribution in [1.29, 1.82) is 0 Å². The molecule has 1 aromatic rings. The number of ether oxygens (including phenoxy) is 1. The Morgan fingerprint density at radius 3 is 2.40 bits per heavy atom. The van der Waals surface area contributed by atoms with Gasteiger partial charge in [-0.15, -0.1) is 0 Å². The lowest BCUT2D eigenvalue weighted by atomic mass is 10.1. The van der Waals surface area contributed by atoms with Crippen LogP contribution in [-0.2, 0) is 4.74 Å². The Hall–Kier alpha value is -1.39. The minimum atomic E-state index is -0.211. The van der Waals surface area contributed by atoms with E-state index >= 15 is 0 Å². The van der Waals surface area contributed by atoms with Gasteiger partial charge in [0.05, 0.1) is 12.6 Å². The normalized spacial score (nSPS) is 24.1. The summed E-state index contributed by atoms with van der Waals surface area (Å²) in [6.07, 6.45) is -0.0304. The Morgan fingerprint density at radius 1 is 1.20 bits per heavy atom. The molecule has 1 aliphatic rings. The summed E-state index contributed by atoms with van der Waals surface area (Å²) in [4.78, 5) is 15.2. The number of benzene rings is 1. The van der Waals surface area contributed by atoms with Crippen molar-refractivity contribution in [2.45, 2.75) is 20.0 Å². The molecule has 4 nitrogen and oxygen atoms in total. The van der Waals surface area contributed by atoms with E-state index in [9.17, 15) is 4.79 Å². The van der Waals surface area contributed by atoms with Gasteiger partial charge in [0, 0.05) is 0 Å². The summed E-state index contributed by atoms with van der Waals surface area (Å²) in [6, 6.07) is 7.54. The lowest BCUT2D eigenvalue weighted by Gasteiger charge is -2.28. The van der Waals surface area contributed by atoms with Crippen LogP contribution in [0.2, 0.25) is 0 Å². The molecule has 0 radical (unpaired) electrons. The molecule has 0 bridgehead atoms. The maximum absolute atomic E-state index is 12.0. The topological polar surface area (TPSA) is 35.2 Å². The number of carbonyl (C=O) groups excluding carboxylic acids is 1. The number of nitrogens with one attached hydrogen (secondary N) is 2. The fourth-order valence-electron chi connectivity index (χ4n) is 2.62. The number of likely N-dealkylation sites (N-methyl/N-ethyl adjacent to an activating group) is 1. The molecule has 1 saturated heterocycles. The summed E-state index contributed by atoms with van der Waals surface area (Å²) in [5.41, 5.74) is 1.79. The molecular formula is C16H26N2O2+2. The van der Waals surface area contributed by atoms with E-state index in [2.05, 4.69) is 7.05 Å². The number of hydrogen-bond acceptors (Lipinski definition) is 2. The molecule has 1 aliphatic heterocycles. The van der Waals surface area contributed by atoms with Gasteiger partial charge in [-0.05, 0) is 26.0 Å². The third-order valence-corrected chi connectivity index (χ3v) is 3.98. The van der Waals surface area contributed by atoms with Gasteiger partial charge in [0.15, 0.2) is 0 Å². The zero-order valence-corrected chi connectivity index (χ0v) is 12.7. The number of aryl methyl sites for hydroxylation is 1. The molecule has 4 heteroatoms. The Bertz CT molecular complexity index is 436. The molecule has 2 rings (SSSR count). The van der Waals surface area contributed by atoms with Crippen molar-refractivity contribution in [2.24, 2.45) is 0 Å². The van der Waals surface area contributed by atoms with Gasteiger partial charge in [0.2, 0.25) is 0 Å². The zero-order chi connectivity index (χ0) is 14.5. The molecule has 0 aliphatic carbocycles. The van der Waals surface area contributed by atoms with Crippen molar-refractivity contribution in [2.75, 3.05) is 39.8 Å². The van der Waals surface area contributed by atoms with Crippen LogP contribution in [0.15, 0.2) is 24.3 Å². The Kier molecular flexibility index (Phi) is 5.15. The second-order valence-electron chi connectivity index (χ2n) is 5.99. The van der Waals surface area contributed by atoms with Crippen LogP contribution >= 0.6 is 0 Å². The number of carbonyl (C=O) groups is 1. The molecule has 1 aromatic carbocycles. The van der Waals surface area contributed by atoms with E-state index < -0.39 is 0 Å². The number of rotatable bonds is 4. The summed E-state index contributed by atoms with van der Waals surface area (Å²) in [5, 5.41) is 0. The van der Waals surface area contributed by atoms with Gasteiger partial charge >= 0.3 is 5.97 Å². The monoisotopic (exact) mass is 278 g/mol. The van der Waals surface area contributed by atoms with Gasteiger partial charge in [-0.2, -0.15) is 0 Å². The van der Waals surface area contributed by atoms with Gasteiger partial charge in [0.1, 0.15) is 38.8 Å². The molecule has 0 spiro atoms. The fraction of sp³-hybridized carbons (Fsp3) is 0.562. The molecule has 1 fully saturated rings. The van der Waals surface area contributed by atoms with Crippen LogP contribution in [0, 0.1) is 6.92 Å². The highest BCUT2D eigenvalue weighted by Crippen LogP contribution is 2.06. The Labute approximate surface area is 121 Å². The first-order valence-electron chi connectivity index (χ1n) is 7.47. The van der Waals surface area contributed by atoms with E-state index in [1.165, 1.54) is 13.1 Å². The summed E-state index contributed by atoms with van der Waals surface area (Å²) in [7, 11) is 2.23. The lowest BCUT2D eigenvalue weighted by molar-refractivity contribution is -1.00. The maximum atomic E-state index is 12.0. The first-order chi connectivity index (χ1) is 9.54. The zero-order valence-electron chi connectivity index (χ0n) is 12.7. The maximum Gasteiger partial charge on any atom is 0.338 e.